The second kappa shape index (κ2) is 7.15. The third-order valence-electron chi connectivity index (χ3n) is 3.54. The van der Waals surface area contributed by atoms with Crippen LogP contribution in [0, 0.1) is 0 Å². The summed E-state index contributed by atoms with van der Waals surface area (Å²) in [5.41, 5.74) is 2.14. The summed E-state index contributed by atoms with van der Waals surface area (Å²) in [6.07, 6.45) is 0. The Morgan fingerprint density at radius 1 is 1.20 bits per heavy atom. The van der Waals surface area contributed by atoms with Crippen molar-refractivity contribution in [3.05, 3.63) is 62.0 Å². The number of anilines is 1. The van der Waals surface area contributed by atoms with Crippen molar-refractivity contribution < 1.29 is 14.4 Å². The van der Waals surface area contributed by atoms with Crippen LogP contribution in [0.4, 0.5) is 5.69 Å². The van der Waals surface area contributed by atoms with Crippen LogP contribution >= 0.6 is 39.1 Å². The molecule has 0 aliphatic carbocycles. The number of hydrogen-bond acceptors (Lipinski definition) is 4. The number of benzene rings is 2. The molecule has 0 atom stereocenters. The van der Waals surface area contributed by atoms with E-state index in [9.17, 15) is 9.59 Å². The normalized spacial score (nSPS) is 14.8. The van der Waals surface area contributed by atoms with Crippen molar-refractivity contribution in [3.8, 4) is 0 Å². The molecule has 0 fully saturated rings. The van der Waals surface area contributed by atoms with E-state index in [0.29, 0.717) is 21.3 Å². The van der Waals surface area contributed by atoms with E-state index in [1.54, 1.807) is 35.2 Å². The first-order valence-corrected chi connectivity index (χ1v) is 8.73. The van der Waals surface area contributed by atoms with Crippen LogP contribution in [0.15, 0.2) is 46.0 Å². The number of rotatable bonds is 3. The first kappa shape index (κ1) is 17.9. The second-order valence-corrected chi connectivity index (χ2v) is 7.05. The maximum atomic E-state index is 12.8. The predicted octanol–water partition coefficient (Wildman–Crippen LogP) is 4.57. The van der Waals surface area contributed by atoms with E-state index in [4.69, 9.17) is 23.2 Å². The number of carbonyl (C=O) groups is 2. The fraction of sp³-hybridized carbons (Fsp3) is 0.118. The summed E-state index contributed by atoms with van der Waals surface area (Å²) in [5.74, 6) is -0.958. The van der Waals surface area contributed by atoms with E-state index in [-0.39, 0.29) is 18.2 Å². The molecule has 5 nitrogen and oxygen atoms in total. The maximum absolute atomic E-state index is 12.8. The molecule has 0 saturated carbocycles. The van der Waals surface area contributed by atoms with E-state index in [0.717, 1.165) is 10.0 Å². The van der Waals surface area contributed by atoms with Crippen LogP contribution in [0.5, 0.6) is 0 Å². The Morgan fingerprint density at radius 2 is 1.96 bits per heavy atom. The lowest BCUT2D eigenvalue weighted by Crippen LogP contribution is -2.29. The van der Waals surface area contributed by atoms with Crippen LogP contribution in [0.2, 0.25) is 10.0 Å². The van der Waals surface area contributed by atoms with Gasteiger partial charge in [-0.1, -0.05) is 50.4 Å². The highest BCUT2D eigenvalue weighted by atomic mass is 79.9. The molecule has 0 bridgehead atoms. The molecule has 2 aromatic carbocycles. The van der Waals surface area contributed by atoms with Crippen molar-refractivity contribution in [1.82, 2.24) is 0 Å². The highest BCUT2D eigenvalue weighted by Crippen LogP contribution is 2.34. The van der Waals surface area contributed by atoms with Crippen molar-refractivity contribution in [3.63, 3.8) is 0 Å². The molecule has 128 valence electrons. The van der Waals surface area contributed by atoms with Gasteiger partial charge < -0.3 is 9.74 Å². The number of fused-ring (bicyclic) bond motifs is 1. The average molecular weight is 442 g/mol. The van der Waals surface area contributed by atoms with Crippen molar-refractivity contribution >= 4 is 62.4 Å². The lowest BCUT2D eigenvalue weighted by Gasteiger charge is -2.17. The molecule has 0 unspecified atom stereocenters. The van der Waals surface area contributed by atoms with Crippen LogP contribution in [-0.4, -0.2) is 17.6 Å². The molecular formula is C17H11BrCl2N2O3. The standard InChI is InChI=1S/C17H11BrCl2N2O3/c1-9(23)25-21-16-12-7-11(18)3-5-15(12)22(17(16)24)8-10-2-4-13(19)14(20)6-10/h2-7H,8H2,1H3/b21-16-. The lowest BCUT2D eigenvalue weighted by molar-refractivity contribution is -0.140. The summed E-state index contributed by atoms with van der Waals surface area (Å²) in [6, 6.07) is 10.5. The summed E-state index contributed by atoms with van der Waals surface area (Å²) in [6.45, 7) is 1.50. The van der Waals surface area contributed by atoms with Crippen molar-refractivity contribution in [2.24, 2.45) is 5.16 Å². The summed E-state index contributed by atoms with van der Waals surface area (Å²) in [7, 11) is 0. The van der Waals surface area contributed by atoms with Gasteiger partial charge >= 0.3 is 5.97 Å². The molecule has 8 heteroatoms. The molecule has 3 rings (SSSR count). The molecule has 1 amide bonds. The highest BCUT2D eigenvalue weighted by Gasteiger charge is 2.35. The Balaban J connectivity index is 2.00. The summed E-state index contributed by atoms with van der Waals surface area (Å²) in [5, 5.41) is 4.57. The fourth-order valence-corrected chi connectivity index (χ4v) is 3.14. The van der Waals surface area contributed by atoms with Crippen molar-refractivity contribution in [2.75, 3.05) is 4.90 Å². The third-order valence-corrected chi connectivity index (χ3v) is 4.77. The number of halogens is 3. The van der Waals surface area contributed by atoms with Gasteiger partial charge in [0.1, 0.15) is 0 Å². The SMILES string of the molecule is CC(=O)O/N=C1\C(=O)N(Cc2ccc(Cl)c(Cl)c2)c2ccc(Br)cc21. The van der Waals surface area contributed by atoms with Gasteiger partial charge in [-0.05, 0) is 35.9 Å². The molecular weight excluding hydrogens is 431 g/mol. The Morgan fingerprint density at radius 3 is 2.64 bits per heavy atom. The van der Waals surface area contributed by atoms with E-state index in [1.165, 1.54) is 6.92 Å². The van der Waals surface area contributed by atoms with Gasteiger partial charge in [0.25, 0.3) is 5.91 Å². The zero-order valence-electron chi connectivity index (χ0n) is 12.9. The molecule has 25 heavy (non-hydrogen) atoms. The molecule has 0 radical (unpaired) electrons. The van der Waals surface area contributed by atoms with Gasteiger partial charge in [-0.3, -0.25) is 4.79 Å². The Hall–Kier alpha value is -1.89. The Labute approximate surface area is 162 Å². The minimum absolute atomic E-state index is 0.0755. The number of hydrogen-bond donors (Lipinski definition) is 0. The van der Waals surface area contributed by atoms with Crippen LogP contribution in [-0.2, 0) is 21.0 Å². The minimum Gasteiger partial charge on any atom is -0.318 e. The number of carbonyl (C=O) groups excluding carboxylic acids is 2. The lowest BCUT2D eigenvalue weighted by atomic mass is 10.1. The zero-order valence-corrected chi connectivity index (χ0v) is 16.0. The van der Waals surface area contributed by atoms with E-state index < -0.39 is 5.97 Å². The van der Waals surface area contributed by atoms with E-state index in [1.807, 2.05) is 6.07 Å². The number of nitrogens with zero attached hydrogens (tertiary/aromatic N) is 2. The topological polar surface area (TPSA) is 59.0 Å². The zero-order chi connectivity index (χ0) is 18.1. The summed E-state index contributed by atoms with van der Waals surface area (Å²) < 4.78 is 0.783. The molecule has 0 aromatic heterocycles. The van der Waals surface area contributed by atoms with Crippen LogP contribution in [0.3, 0.4) is 0 Å². The second-order valence-electron chi connectivity index (χ2n) is 5.32. The van der Waals surface area contributed by atoms with Crippen LogP contribution in [0.1, 0.15) is 18.1 Å². The molecule has 2 aromatic rings. The number of amides is 1. The highest BCUT2D eigenvalue weighted by molar-refractivity contribution is 9.10. The van der Waals surface area contributed by atoms with Gasteiger partial charge in [0.15, 0.2) is 5.71 Å². The van der Waals surface area contributed by atoms with Gasteiger partial charge in [-0.25, -0.2) is 4.79 Å². The minimum atomic E-state index is -0.597. The Kier molecular flexibility index (Phi) is 5.13. The fourth-order valence-electron chi connectivity index (χ4n) is 2.46. The monoisotopic (exact) mass is 440 g/mol. The smallest absolute Gasteiger partial charge is 0.318 e. The summed E-state index contributed by atoms with van der Waals surface area (Å²) in [4.78, 5) is 30.0. The van der Waals surface area contributed by atoms with Gasteiger partial charge in [-0.2, -0.15) is 0 Å². The average Bonchev–Trinajstić information content (AvgIpc) is 2.80. The van der Waals surface area contributed by atoms with Gasteiger partial charge in [0.05, 0.1) is 22.3 Å². The molecule has 0 saturated heterocycles. The van der Waals surface area contributed by atoms with Crippen LogP contribution in [0.25, 0.3) is 0 Å². The van der Waals surface area contributed by atoms with Crippen molar-refractivity contribution in [2.45, 2.75) is 13.5 Å². The van der Waals surface area contributed by atoms with E-state index in [2.05, 4.69) is 25.9 Å². The molecule has 1 aliphatic heterocycles. The number of oxime groups is 1. The quantitative estimate of drug-likeness (QED) is 0.517. The van der Waals surface area contributed by atoms with Gasteiger partial charge in [0.2, 0.25) is 0 Å². The molecule has 1 aliphatic rings. The molecule has 1 heterocycles. The first-order valence-electron chi connectivity index (χ1n) is 7.18. The predicted molar refractivity (Wildman–Crippen MR) is 100 cm³/mol. The molecule has 0 spiro atoms. The van der Waals surface area contributed by atoms with Crippen LogP contribution < -0.4 is 4.90 Å². The first-order chi connectivity index (χ1) is 11.9. The van der Waals surface area contributed by atoms with Gasteiger partial charge in [-0.15, -0.1) is 0 Å². The van der Waals surface area contributed by atoms with Crippen molar-refractivity contribution in [1.29, 1.82) is 0 Å². The van der Waals surface area contributed by atoms with Gasteiger partial charge in [0, 0.05) is 17.0 Å². The largest absolute Gasteiger partial charge is 0.332 e. The summed E-state index contributed by atoms with van der Waals surface area (Å²) >= 11 is 15.4. The maximum Gasteiger partial charge on any atom is 0.332 e. The van der Waals surface area contributed by atoms with E-state index >= 15 is 0 Å². The molecule has 0 N–H and O–H groups in total. The third kappa shape index (κ3) is 3.71. The Bertz CT molecular complexity index is 915.